The molecular weight excluding hydrogens is 346 g/mol. The predicted octanol–water partition coefficient (Wildman–Crippen LogP) is 2.76. The Morgan fingerprint density at radius 2 is 1.65 bits per heavy atom. The van der Waals surface area contributed by atoms with E-state index in [-0.39, 0.29) is 0 Å². The van der Waals surface area contributed by atoms with Crippen molar-refractivity contribution in [2.24, 2.45) is 5.73 Å². The molecule has 5 nitrogen and oxygen atoms in total. The highest BCUT2D eigenvalue weighted by molar-refractivity contribution is 7.89. The number of piperidine rings is 1. The second-order valence-electron chi connectivity index (χ2n) is 6.87. The van der Waals surface area contributed by atoms with Crippen molar-refractivity contribution in [1.82, 2.24) is 4.31 Å². The van der Waals surface area contributed by atoms with Crippen LogP contribution in [0.5, 0.6) is 0 Å². The Bertz CT molecular complexity index is 809. The van der Waals surface area contributed by atoms with E-state index in [1.54, 1.807) is 16.4 Å². The van der Waals surface area contributed by atoms with E-state index in [2.05, 4.69) is 29.6 Å². The number of benzene rings is 2. The van der Waals surface area contributed by atoms with Crippen molar-refractivity contribution in [2.75, 3.05) is 25.0 Å². The minimum absolute atomic E-state index is 0.292. The summed E-state index contributed by atoms with van der Waals surface area (Å²) < 4.78 is 27.1. The highest BCUT2D eigenvalue weighted by Crippen LogP contribution is 2.23. The summed E-state index contributed by atoms with van der Waals surface area (Å²) >= 11 is 0. The molecule has 0 spiro atoms. The molecule has 1 aliphatic rings. The Morgan fingerprint density at radius 3 is 2.23 bits per heavy atom. The number of nitrogens with one attached hydrogen (secondary N) is 1. The molecule has 1 aliphatic heterocycles. The molecule has 1 saturated heterocycles. The maximum Gasteiger partial charge on any atom is 0.243 e. The summed E-state index contributed by atoms with van der Waals surface area (Å²) in [7, 11) is -3.39. The number of anilines is 1. The molecule has 6 heteroatoms. The van der Waals surface area contributed by atoms with E-state index in [0.29, 0.717) is 30.6 Å². The fourth-order valence-electron chi connectivity index (χ4n) is 3.27. The minimum Gasteiger partial charge on any atom is -0.382 e. The second-order valence-corrected chi connectivity index (χ2v) is 8.81. The minimum atomic E-state index is -3.39. The first kappa shape index (κ1) is 18.9. The second kappa shape index (κ2) is 8.20. The molecule has 0 unspecified atom stereocenters. The molecule has 0 aliphatic carbocycles. The van der Waals surface area contributed by atoms with E-state index < -0.39 is 10.0 Å². The Balaban J connectivity index is 1.57. The standard InChI is InChI=1S/C20H27N3O2S/c1-16-2-8-20(9-3-16)26(24,25)23-14-11-19(12-15-23)22-18-6-4-17(5-7-18)10-13-21/h2-9,19,22H,10-15,21H2,1H3. The first-order valence-corrected chi connectivity index (χ1v) is 10.6. The van der Waals surface area contributed by atoms with Gasteiger partial charge >= 0.3 is 0 Å². The molecule has 0 radical (unpaired) electrons. The smallest absolute Gasteiger partial charge is 0.243 e. The highest BCUT2D eigenvalue weighted by Gasteiger charge is 2.29. The molecule has 0 atom stereocenters. The summed E-state index contributed by atoms with van der Waals surface area (Å²) in [6.45, 7) is 3.69. The lowest BCUT2D eigenvalue weighted by molar-refractivity contribution is 0.330. The van der Waals surface area contributed by atoms with Crippen LogP contribution in [0.15, 0.2) is 53.4 Å². The molecule has 0 saturated carbocycles. The highest BCUT2D eigenvalue weighted by atomic mass is 32.2. The summed E-state index contributed by atoms with van der Waals surface area (Å²) in [4.78, 5) is 0.380. The molecule has 3 N–H and O–H groups in total. The number of rotatable bonds is 6. The van der Waals surface area contributed by atoms with Gasteiger partial charge in [-0.05, 0) is 62.6 Å². The monoisotopic (exact) mass is 373 g/mol. The third-order valence-electron chi connectivity index (χ3n) is 4.87. The number of hydrogen-bond donors (Lipinski definition) is 2. The maximum absolute atomic E-state index is 12.8. The summed E-state index contributed by atoms with van der Waals surface area (Å²) in [6.07, 6.45) is 2.49. The van der Waals surface area contributed by atoms with Crippen molar-refractivity contribution >= 4 is 15.7 Å². The quantitative estimate of drug-likeness (QED) is 0.816. The molecule has 1 fully saturated rings. The van der Waals surface area contributed by atoms with E-state index in [1.807, 2.05) is 19.1 Å². The van der Waals surface area contributed by atoms with Crippen molar-refractivity contribution in [3.05, 3.63) is 59.7 Å². The Hall–Kier alpha value is -1.89. The maximum atomic E-state index is 12.8. The van der Waals surface area contributed by atoms with E-state index in [1.165, 1.54) is 5.56 Å². The van der Waals surface area contributed by atoms with Crippen LogP contribution in [0.4, 0.5) is 5.69 Å². The number of sulfonamides is 1. The molecule has 1 heterocycles. The number of nitrogens with two attached hydrogens (primary N) is 1. The molecule has 26 heavy (non-hydrogen) atoms. The first-order valence-electron chi connectivity index (χ1n) is 9.11. The Kier molecular flexibility index (Phi) is 5.96. The van der Waals surface area contributed by atoms with E-state index in [9.17, 15) is 8.42 Å². The first-order chi connectivity index (χ1) is 12.5. The van der Waals surface area contributed by atoms with Crippen LogP contribution in [0.1, 0.15) is 24.0 Å². The van der Waals surface area contributed by atoms with E-state index in [0.717, 1.165) is 30.5 Å². The van der Waals surface area contributed by atoms with Crippen LogP contribution < -0.4 is 11.1 Å². The summed E-state index contributed by atoms with van der Waals surface area (Å²) in [5, 5.41) is 3.52. The van der Waals surface area contributed by atoms with Gasteiger partial charge < -0.3 is 11.1 Å². The lowest BCUT2D eigenvalue weighted by Gasteiger charge is -2.32. The Morgan fingerprint density at radius 1 is 1.04 bits per heavy atom. The van der Waals surface area contributed by atoms with Gasteiger partial charge in [-0.3, -0.25) is 0 Å². The van der Waals surface area contributed by atoms with Gasteiger partial charge in [0.15, 0.2) is 0 Å². The van der Waals surface area contributed by atoms with Gasteiger partial charge in [-0.25, -0.2) is 8.42 Å². The van der Waals surface area contributed by atoms with Crippen LogP contribution in [-0.2, 0) is 16.4 Å². The predicted molar refractivity (Wildman–Crippen MR) is 106 cm³/mol. The molecule has 3 rings (SSSR count). The van der Waals surface area contributed by atoms with Crippen molar-refractivity contribution in [1.29, 1.82) is 0 Å². The summed E-state index contributed by atoms with van der Waals surface area (Å²) in [5.41, 5.74) is 8.94. The van der Waals surface area contributed by atoms with E-state index >= 15 is 0 Å². The fourth-order valence-corrected chi connectivity index (χ4v) is 4.74. The van der Waals surface area contributed by atoms with Gasteiger partial charge in [0.2, 0.25) is 10.0 Å². The van der Waals surface area contributed by atoms with Crippen molar-refractivity contribution in [2.45, 2.75) is 37.1 Å². The largest absolute Gasteiger partial charge is 0.382 e. The molecule has 140 valence electrons. The molecular formula is C20H27N3O2S. The zero-order chi connectivity index (χ0) is 18.6. The molecule has 0 amide bonds. The molecule has 2 aromatic rings. The summed E-state index contributed by atoms with van der Waals surface area (Å²) in [5.74, 6) is 0. The zero-order valence-corrected chi connectivity index (χ0v) is 16.0. The average Bonchev–Trinajstić information content (AvgIpc) is 2.64. The molecule has 2 aromatic carbocycles. The number of nitrogens with zero attached hydrogens (tertiary/aromatic N) is 1. The third-order valence-corrected chi connectivity index (χ3v) is 6.78. The summed E-state index contributed by atoms with van der Waals surface area (Å²) in [6, 6.07) is 15.7. The van der Waals surface area contributed by atoms with Gasteiger partial charge in [0, 0.05) is 24.8 Å². The third kappa shape index (κ3) is 4.44. The van der Waals surface area contributed by atoms with Gasteiger partial charge in [-0.15, -0.1) is 0 Å². The van der Waals surface area contributed by atoms with Crippen LogP contribution in [0.25, 0.3) is 0 Å². The van der Waals surface area contributed by atoms with Crippen molar-refractivity contribution < 1.29 is 8.42 Å². The lowest BCUT2D eigenvalue weighted by atomic mass is 10.1. The zero-order valence-electron chi connectivity index (χ0n) is 15.2. The van der Waals surface area contributed by atoms with Crippen LogP contribution >= 0.6 is 0 Å². The lowest BCUT2D eigenvalue weighted by Crippen LogP contribution is -2.42. The fraction of sp³-hybridized carbons (Fsp3) is 0.400. The van der Waals surface area contributed by atoms with Crippen LogP contribution in [0.3, 0.4) is 0 Å². The van der Waals surface area contributed by atoms with Gasteiger partial charge in [0.1, 0.15) is 0 Å². The van der Waals surface area contributed by atoms with Crippen molar-refractivity contribution in [3.63, 3.8) is 0 Å². The average molecular weight is 374 g/mol. The molecule has 0 aromatic heterocycles. The Labute approximate surface area is 156 Å². The van der Waals surface area contributed by atoms with Gasteiger partial charge in [0.25, 0.3) is 0 Å². The normalized spacial score (nSPS) is 16.5. The van der Waals surface area contributed by atoms with Crippen LogP contribution in [0.2, 0.25) is 0 Å². The van der Waals surface area contributed by atoms with Gasteiger partial charge in [0.05, 0.1) is 4.90 Å². The van der Waals surface area contributed by atoms with Gasteiger partial charge in [-0.1, -0.05) is 29.8 Å². The van der Waals surface area contributed by atoms with Crippen LogP contribution in [-0.4, -0.2) is 38.4 Å². The van der Waals surface area contributed by atoms with Gasteiger partial charge in [-0.2, -0.15) is 4.31 Å². The topological polar surface area (TPSA) is 75.4 Å². The number of aryl methyl sites for hydroxylation is 1. The molecule has 0 bridgehead atoms. The SMILES string of the molecule is Cc1ccc(S(=O)(=O)N2CCC(Nc3ccc(CCN)cc3)CC2)cc1. The van der Waals surface area contributed by atoms with Crippen LogP contribution in [0, 0.1) is 6.92 Å². The van der Waals surface area contributed by atoms with Crippen molar-refractivity contribution in [3.8, 4) is 0 Å². The number of hydrogen-bond acceptors (Lipinski definition) is 4. The van der Waals surface area contributed by atoms with E-state index in [4.69, 9.17) is 5.73 Å².